The zero-order chi connectivity index (χ0) is 12.1. The van der Waals surface area contributed by atoms with Crippen molar-refractivity contribution in [1.29, 1.82) is 0 Å². The summed E-state index contributed by atoms with van der Waals surface area (Å²) in [6, 6.07) is 3.71. The first kappa shape index (κ1) is 12.7. The molecule has 1 aliphatic rings. The van der Waals surface area contributed by atoms with Gasteiger partial charge in [-0.05, 0) is 31.5 Å². The van der Waals surface area contributed by atoms with Crippen LogP contribution >= 0.6 is 11.6 Å². The monoisotopic (exact) mass is 255 g/mol. The van der Waals surface area contributed by atoms with E-state index in [4.69, 9.17) is 16.3 Å². The molecule has 5 heteroatoms. The number of hydrogen-bond acceptors (Lipinski definition) is 4. The second kappa shape index (κ2) is 6.28. The van der Waals surface area contributed by atoms with E-state index in [2.05, 4.69) is 22.0 Å². The van der Waals surface area contributed by atoms with E-state index in [1.54, 1.807) is 6.07 Å². The minimum Gasteiger partial charge on any atom is -0.377 e. The molecule has 0 bridgehead atoms. The van der Waals surface area contributed by atoms with Crippen molar-refractivity contribution in [1.82, 2.24) is 15.1 Å². The lowest BCUT2D eigenvalue weighted by atomic mass is 10.2. The molecule has 2 rings (SSSR count). The van der Waals surface area contributed by atoms with Crippen LogP contribution in [0.2, 0.25) is 5.15 Å². The van der Waals surface area contributed by atoms with Crippen LogP contribution in [-0.4, -0.2) is 40.9 Å². The number of nitrogens with zero attached hydrogens (tertiary/aromatic N) is 3. The van der Waals surface area contributed by atoms with Crippen molar-refractivity contribution in [2.45, 2.75) is 32.4 Å². The summed E-state index contributed by atoms with van der Waals surface area (Å²) in [6.07, 6.45) is 2.74. The molecule has 17 heavy (non-hydrogen) atoms. The van der Waals surface area contributed by atoms with Crippen molar-refractivity contribution >= 4 is 11.6 Å². The fourth-order valence-electron chi connectivity index (χ4n) is 2.04. The normalized spacial score (nSPS) is 20.1. The Morgan fingerprint density at radius 2 is 2.35 bits per heavy atom. The van der Waals surface area contributed by atoms with Crippen LogP contribution in [0.3, 0.4) is 0 Å². The Morgan fingerprint density at radius 1 is 1.47 bits per heavy atom. The molecule has 94 valence electrons. The van der Waals surface area contributed by atoms with Gasteiger partial charge >= 0.3 is 0 Å². The molecular weight excluding hydrogens is 238 g/mol. The number of likely N-dealkylation sites (N-methyl/N-ethyl adjacent to an activating group) is 1. The third-order valence-electron chi connectivity index (χ3n) is 3.01. The summed E-state index contributed by atoms with van der Waals surface area (Å²) in [4.78, 5) is 2.33. The SMILES string of the molecule is CCN(Cc1ccc(Cl)nn1)CC1CCCO1. The van der Waals surface area contributed by atoms with Crippen LogP contribution in [-0.2, 0) is 11.3 Å². The molecular formula is C12H18ClN3O. The fraction of sp³-hybridized carbons (Fsp3) is 0.667. The summed E-state index contributed by atoms with van der Waals surface area (Å²) in [5.74, 6) is 0. The van der Waals surface area contributed by atoms with Crippen molar-refractivity contribution in [2.24, 2.45) is 0 Å². The average molecular weight is 256 g/mol. The Labute approximate surface area is 107 Å². The second-order valence-electron chi connectivity index (χ2n) is 4.31. The predicted molar refractivity (Wildman–Crippen MR) is 67.0 cm³/mol. The van der Waals surface area contributed by atoms with E-state index in [0.29, 0.717) is 11.3 Å². The molecule has 1 aliphatic heterocycles. The Kier molecular flexibility index (Phi) is 4.71. The van der Waals surface area contributed by atoms with E-state index in [9.17, 15) is 0 Å². The van der Waals surface area contributed by atoms with Crippen LogP contribution in [0, 0.1) is 0 Å². The molecule has 1 unspecified atom stereocenters. The molecule has 0 aliphatic carbocycles. The Hall–Kier alpha value is -0.710. The summed E-state index contributed by atoms with van der Waals surface area (Å²) in [7, 11) is 0. The van der Waals surface area contributed by atoms with Crippen molar-refractivity contribution in [2.75, 3.05) is 19.7 Å². The summed E-state index contributed by atoms with van der Waals surface area (Å²) in [5, 5.41) is 8.37. The van der Waals surface area contributed by atoms with Crippen LogP contribution in [0.4, 0.5) is 0 Å². The molecule has 0 aromatic carbocycles. The molecule has 4 nitrogen and oxygen atoms in total. The largest absolute Gasteiger partial charge is 0.377 e. The molecule has 0 radical (unpaired) electrons. The summed E-state index contributed by atoms with van der Waals surface area (Å²) < 4.78 is 5.64. The highest BCUT2D eigenvalue weighted by atomic mass is 35.5. The van der Waals surface area contributed by atoms with Gasteiger partial charge in [-0.15, -0.1) is 5.10 Å². The van der Waals surface area contributed by atoms with Gasteiger partial charge in [0.25, 0.3) is 0 Å². The highest BCUT2D eigenvalue weighted by molar-refractivity contribution is 6.29. The molecule has 1 fully saturated rings. The number of hydrogen-bond donors (Lipinski definition) is 0. The minimum absolute atomic E-state index is 0.384. The lowest BCUT2D eigenvalue weighted by molar-refractivity contribution is 0.0720. The lowest BCUT2D eigenvalue weighted by Crippen LogP contribution is -2.32. The smallest absolute Gasteiger partial charge is 0.151 e. The van der Waals surface area contributed by atoms with Crippen LogP contribution in [0.1, 0.15) is 25.5 Å². The van der Waals surface area contributed by atoms with Crippen molar-refractivity contribution in [3.63, 3.8) is 0 Å². The average Bonchev–Trinajstić information content (AvgIpc) is 2.84. The predicted octanol–water partition coefficient (Wildman–Crippen LogP) is 2.13. The maximum atomic E-state index is 5.71. The van der Waals surface area contributed by atoms with Gasteiger partial charge in [0.05, 0.1) is 11.8 Å². The molecule has 0 amide bonds. The molecule has 1 aromatic heterocycles. The van der Waals surface area contributed by atoms with Gasteiger partial charge < -0.3 is 4.74 Å². The number of ether oxygens (including phenoxy) is 1. The lowest BCUT2D eigenvalue weighted by Gasteiger charge is -2.22. The summed E-state index contributed by atoms with van der Waals surface area (Å²) in [6.45, 7) is 5.83. The van der Waals surface area contributed by atoms with E-state index in [0.717, 1.165) is 31.9 Å². The Morgan fingerprint density at radius 3 is 2.94 bits per heavy atom. The highest BCUT2D eigenvalue weighted by Crippen LogP contribution is 2.14. The maximum absolute atomic E-state index is 5.71. The molecule has 0 N–H and O–H groups in total. The van der Waals surface area contributed by atoms with E-state index in [-0.39, 0.29) is 0 Å². The summed E-state index contributed by atoms with van der Waals surface area (Å²) >= 11 is 5.71. The number of aromatic nitrogens is 2. The third kappa shape index (κ3) is 3.91. The second-order valence-corrected chi connectivity index (χ2v) is 4.70. The molecule has 1 aromatic rings. The third-order valence-corrected chi connectivity index (χ3v) is 3.21. The zero-order valence-electron chi connectivity index (χ0n) is 10.1. The van der Waals surface area contributed by atoms with Gasteiger partial charge in [0.15, 0.2) is 5.15 Å². The van der Waals surface area contributed by atoms with Crippen molar-refractivity contribution in [3.05, 3.63) is 23.0 Å². The van der Waals surface area contributed by atoms with Crippen molar-refractivity contribution in [3.8, 4) is 0 Å². The Bertz CT molecular complexity index is 338. The van der Waals surface area contributed by atoms with Crippen LogP contribution in [0.15, 0.2) is 12.1 Å². The number of rotatable bonds is 5. The topological polar surface area (TPSA) is 38.2 Å². The van der Waals surface area contributed by atoms with E-state index < -0.39 is 0 Å². The molecule has 0 spiro atoms. The van der Waals surface area contributed by atoms with Gasteiger partial charge in [-0.25, -0.2) is 0 Å². The van der Waals surface area contributed by atoms with E-state index >= 15 is 0 Å². The summed E-state index contributed by atoms with van der Waals surface area (Å²) in [5.41, 5.74) is 0.953. The molecule has 1 atom stereocenters. The van der Waals surface area contributed by atoms with Gasteiger partial charge in [0, 0.05) is 19.7 Å². The van der Waals surface area contributed by atoms with Gasteiger partial charge in [-0.2, -0.15) is 5.10 Å². The molecule has 1 saturated heterocycles. The van der Waals surface area contributed by atoms with Crippen LogP contribution in [0.25, 0.3) is 0 Å². The van der Waals surface area contributed by atoms with Crippen LogP contribution in [0.5, 0.6) is 0 Å². The van der Waals surface area contributed by atoms with Crippen LogP contribution < -0.4 is 0 Å². The molecule has 2 heterocycles. The first-order chi connectivity index (χ1) is 8.28. The Balaban J connectivity index is 1.87. The first-order valence-electron chi connectivity index (χ1n) is 6.10. The van der Waals surface area contributed by atoms with Crippen molar-refractivity contribution < 1.29 is 4.74 Å². The maximum Gasteiger partial charge on any atom is 0.151 e. The van der Waals surface area contributed by atoms with E-state index in [1.807, 2.05) is 6.07 Å². The zero-order valence-corrected chi connectivity index (χ0v) is 10.9. The van der Waals surface area contributed by atoms with Gasteiger partial charge in [-0.3, -0.25) is 4.90 Å². The molecule has 0 saturated carbocycles. The van der Waals surface area contributed by atoms with Gasteiger partial charge in [-0.1, -0.05) is 18.5 Å². The number of halogens is 1. The van der Waals surface area contributed by atoms with E-state index in [1.165, 1.54) is 12.8 Å². The quantitative estimate of drug-likeness (QED) is 0.808. The first-order valence-corrected chi connectivity index (χ1v) is 6.48. The highest BCUT2D eigenvalue weighted by Gasteiger charge is 2.18. The van der Waals surface area contributed by atoms with Gasteiger partial charge in [0.1, 0.15) is 0 Å². The standard InChI is InChI=1S/C12H18ClN3O/c1-2-16(9-11-4-3-7-17-11)8-10-5-6-12(13)15-14-10/h5-6,11H,2-4,7-9H2,1H3. The fourth-order valence-corrected chi connectivity index (χ4v) is 2.14. The van der Waals surface area contributed by atoms with Gasteiger partial charge in [0.2, 0.25) is 0 Å². The minimum atomic E-state index is 0.384.